The molecule has 12 nitrogen and oxygen atoms in total. The highest BCUT2D eigenvalue weighted by Crippen LogP contribution is 2.46. The van der Waals surface area contributed by atoms with Crippen molar-refractivity contribution in [2.24, 2.45) is 5.92 Å². The summed E-state index contributed by atoms with van der Waals surface area (Å²) < 4.78 is 16.8. The fraction of sp³-hybridized carbons (Fsp3) is 0.525. The van der Waals surface area contributed by atoms with Gasteiger partial charge >= 0.3 is 18.2 Å². The van der Waals surface area contributed by atoms with E-state index in [1.165, 1.54) is 9.80 Å². The summed E-state index contributed by atoms with van der Waals surface area (Å²) in [5.74, 6) is -1.98. The molecule has 1 saturated carbocycles. The summed E-state index contributed by atoms with van der Waals surface area (Å²) in [6.07, 6.45) is 6.45. The lowest BCUT2D eigenvalue weighted by Crippen LogP contribution is -2.65. The van der Waals surface area contributed by atoms with E-state index in [0.717, 1.165) is 41.5 Å². The third-order valence-corrected chi connectivity index (χ3v) is 10.3. The molecule has 0 radical (unpaired) electrons. The number of carbonyl (C=O) groups excluding carboxylic acids is 5. The molecule has 2 aliphatic heterocycles. The van der Waals surface area contributed by atoms with Crippen LogP contribution in [-0.4, -0.2) is 95.8 Å². The number of allylic oxidation sites excluding steroid dienone is 1. The van der Waals surface area contributed by atoms with Crippen molar-refractivity contribution in [1.82, 2.24) is 20.4 Å². The van der Waals surface area contributed by atoms with Gasteiger partial charge in [0, 0.05) is 24.9 Å². The number of nitrogens with one attached hydrogen (secondary N) is 2. The van der Waals surface area contributed by atoms with Crippen LogP contribution >= 0.6 is 0 Å². The Labute approximate surface area is 305 Å². The lowest BCUT2D eigenvalue weighted by Gasteiger charge is -2.42. The highest BCUT2D eigenvalue weighted by atomic mass is 16.6. The quantitative estimate of drug-likeness (QED) is 0.241. The summed E-state index contributed by atoms with van der Waals surface area (Å²) in [5.41, 5.74) is 2.33. The first-order valence-corrected chi connectivity index (χ1v) is 18.5. The van der Waals surface area contributed by atoms with Crippen molar-refractivity contribution in [1.29, 1.82) is 0 Å². The predicted octanol–water partition coefficient (Wildman–Crippen LogP) is 5.30. The normalized spacial score (nSPS) is 24.9. The van der Waals surface area contributed by atoms with Gasteiger partial charge in [-0.25, -0.2) is 14.4 Å². The summed E-state index contributed by atoms with van der Waals surface area (Å²) in [6, 6.07) is 14.0. The van der Waals surface area contributed by atoms with Gasteiger partial charge in [-0.15, -0.1) is 0 Å². The summed E-state index contributed by atoms with van der Waals surface area (Å²) >= 11 is 0. The molecule has 1 unspecified atom stereocenters. The Balaban J connectivity index is 1.24. The molecule has 52 heavy (non-hydrogen) atoms. The molecule has 4 atom stereocenters. The molecule has 4 aliphatic rings. The van der Waals surface area contributed by atoms with E-state index in [0.29, 0.717) is 19.3 Å². The maximum atomic E-state index is 14.3. The van der Waals surface area contributed by atoms with Crippen molar-refractivity contribution in [3.8, 4) is 11.1 Å². The fourth-order valence-electron chi connectivity index (χ4n) is 7.59. The van der Waals surface area contributed by atoms with Crippen LogP contribution in [0.4, 0.5) is 9.59 Å². The molecular weight excluding hydrogens is 664 g/mol. The minimum absolute atomic E-state index is 0.0172. The van der Waals surface area contributed by atoms with Crippen LogP contribution in [0.3, 0.4) is 0 Å². The molecule has 278 valence electrons. The molecule has 1 saturated heterocycles. The number of piperazine rings is 1. The molecule has 0 aromatic heterocycles. The lowest BCUT2D eigenvalue weighted by molar-refractivity contribution is -0.151. The number of ether oxygens (including phenoxy) is 3. The highest BCUT2D eigenvalue weighted by molar-refractivity contribution is 5.96. The minimum Gasteiger partial charge on any atom is -0.464 e. The largest absolute Gasteiger partial charge is 0.464 e. The standard InChI is InChI=1S/C40H50N4O8/c1-5-50-36(47)40-23-26(40)15-9-7-6-8-10-20-32(41-37(48)52-39(2,3)4)35(46)44-22-21-43(24-33(44)34(45)42-40)38(49)51-25-31-29-18-13-11-16-27(29)28-17-12-14-19-30(28)31/h9,11-19,26,31-33H,5-8,10,20-25H2,1-4H3,(H,41,48)(H,42,45)/t26-,32+,33?,40-/m1/s1. The first kappa shape index (κ1) is 36.9. The van der Waals surface area contributed by atoms with Crippen LogP contribution in [0.5, 0.6) is 0 Å². The number of benzene rings is 2. The molecule has 6 rings (SSSR count). The van der Waals surface area contributed by atoms with Gasteiger partial charge in [0.2, 0.25) is 11.8 Å². The summed E-state index contributed by atoms with van der Waals surface area (Å²) in [7, 11) is 0. The second-order valence-electron chi connectivity index (χ2n) is 15.1. The van der Waals surface area contributed by atoms with E-state index in [-0.39, 0.29) is 44.7 Å². The van der Waals surface area contributed by atoms with E-state index < -0.39 is 53.2 Å². The SMILES string of the molecule is CCOC(=O)[C@@]12C[C@H]1C=CCCCCC[C@H](NC(=O)OC(C)(C)C)C(=O)N1CCN(C(=O)OCC3c4ccccc4-c4ccccc43)CC1C(=O)N2. The number of esters is 1. The molecule has 2 aromatic rings. The zero-order chi connectivity index (χ0) is 37.0. The third kappa shape index (κ3) is 7.95. The summed E-state index contributed by atoms with van der Waals surface area (Å²) in [4.78, 5) is 71.4. The number of hydrogen-bond acceptors (Lipinski definition) is 8. The van der Waals surface area contributed by atoms with Gasteiger partial charge in [-0.05, 0) is 75.6 Å². The first-order chi connectivity index (χ1) is 24.9. The van der Waals surface area contributed by atoms with E-state index in [2.05, 4.69) is 22.8 Å². The first-order valence-electron chi connectivity index (χ1n) is 18.5. The molecule has 12 heteroatoms. The monoisotopic (exact) mass is 714 g/mol. The van der Waals surface area contributed by atoms with Crippen molar-refractivity contribution in [3.05, 3.63) is 71.8 Å². The minimum atomic E-state index is -1.27. The number of carbonyl (C=O) groups is 5. The van der Waals surface area contributed by atoms with Gasteiger partial charge in [-0.2, -0.15) is 0 Å². The van der Waals surface area contributed by atoms with Gasteiger partial charge in [-0.1, -0.05) is 73.5 Å². The van der Waals surface area contributed by atoms with Crippen molar-refractivity contribution in [2.75, 3.05) is 32.8 Å². The Bertz CT molecular complexity index is 1670. The highest BCUT2D eigenvalue weighted by Gasteiger charge is 2.62. The van der Waals surface area contributed by atoms with Crippen molar-refractivity contribution in [2.45, 2.75) is 95.4 Å². The van der Waals surface area contributed by atoms with Crippen LogP contribution in [0.25, 0.3) is 11.1 Å². The smallest absolute Gasteiger partial charge is 0.409 e. The molecule has 2 aromatic carbocycles. The molecule has 2 N–H and O–H groups in total. The molecule has 2 fully saturated rings. The van der Waals surface area contributed by atoms with Crippen molar-refractivity contribution < 1.29 is 38.2 Å². The van der Waals surface area contributed by atoms with Crippen LogP contribution in [0, 0.1) is 5.92 Å². The number of alkyl carbamates (subject to hydrolysis) is 1. The van der Waals surface area contributed by atoms with Gasteiger partial charge in [0.15, 0.2) is 0 Å². The number of amides is 4. The fourth-order valence-corrected chi connectivity index (χ4v) is 7.59. The Morgan fingerprint density at radius 3 is 2.31 bits per heavy atom. The zero-order valence-electron chi connectivity index (χ0n) is 30.5. The van der Waals surface area contributed by atoms with Crippen molar-refractivity contribution in [3.63, 3.8) is 0 Å². The van der Waals surface area contributed by atoms with E-state index in [1.807, 2.05) is 48.6 Å². The van der Waals surface area contributed by atoms with E-state index in [4.69, 9.17) is 14.2 Å². The molecule has 2 heterocycles. The molecular formula is C40H50N4O8. The van der Waals surface area contributed by atoms with E-state index in [9.17, 15) is 24.0 Å². The Kier molecular flexibility index (Phi) is 10.9. The number of fused-ring (bicyclic) bond motifs is 5. The number of nitrogens with zero attached hydrogens (tertiary/aromatic N) is 2. The van der Waals surface area contributed by atoms with E-state index >= 15 is 0 Å². The average molecular weight is 715 g/mol. The Morgan fingerprint density at radius 1 is 0.942 bits per heavy atom. The number of hydrogen-bond donors (Lipinski definition) is 2. The summed E-state index contributed by atoms with van der Waals surface area (Å²) in [5, 5.41) is 5.69. The topological polar surface area (TPSA) is 144 Å². The van der Waals surface area contributed by atoms with Gasteiger partial charge in [0.05, 0.1) is 13.2 Å². The zero-order valence-corrected chi connectivity index (χ0v) is 30.5. The van der Waals surface area contributed by atoms with Gasteiger partial charge in [0.1, 0.15) is 29.8 Å². The molecule has 4 amide bonds. The average Bonchev–Trinajstić information content (AvgIpc) is 3.72. The van der Waals surface area contributed by atoms with Crippen molar-refractivity contribution >= 4 is 30.0 Å². The molecule has 0 spiro atoms. The molecule has 0 bridgehead atoms. The van der Waals surface area contributed by atoms with Crippen LogP contribution in [0.1, 0.15) is 83.3 Å². The van der Waals surface area contributed by atoms with Crippen LogP contribution in [0.2, 0.25) is 0 Å². The number of rotatable bonds is 5. The lowest BCUT2D eigenvalue weighted by atomic mass is 9.98. The predicted molar refractivity (Wildman–Crippen MR) is 193 cm³/mol. The third-order valence-electron chi connectivity index (χ3n) is 10.3. The summed E-state index contributed by atoms with van der Waals surface area (Å²) in [6.45, 7) is 7.15. The van der Waals surface area contributed by atoms with Crippen LogP contribution in [-0.2, 0) is 28.6 Å². The van der Waals surface area contributed by atoms with Crippen LogP contribution in [0.15, 0.2) is 60.7 Å². The van der Waals surface area contributed by atoms with E-state index in [1.54, 1.807) is 27.7 Å². The maximum Gasteiger partial charge on any atom is 0.409 e. The van der Waals surface area contributed by atoms with Crippen LogP contribution < -0.4 is 10.6 Å². The Morgan fingerprint density at radius 2 is 1.63 bits per heavy atom. The second kappa shape index (κ2) is 15.4. The van der Waals surface area contributed by atoms with Gasteiger partial charge in [0.25, 0.3) is 0 Å². The maximum absolute atomic E-state index is 14.3. The second-order valence-corrected chi connectivity index (χ2v) is 15.1. The van der Waals surface area contributed by atoms with Gasteiger partial charge in [-0.3, -0.25) is 9.59 Å². The van der Waals surface area contributed by atoms with Gasteiger partial charge < -0.3 is 34.6 Å². The Hall–Kier alpha value is -4.87. The molecule has 2 aliphatic carbocycles.